The number of pyridine rings is 1. The molecular formula is C28H31N3O4. The molecule has 0 bridgehead atoms. The number of benzene rings is 2. The monoisotopic (exact) mass is 473 g/mol. The molecule has 7 heteroatoms. The van der Waals surface area contributed by atoms with E-state index in [9.17, 15) is 9.59 Å². The Labute approximate surface area is 206 Å². The number of hydrogen-bond acceptors (Lipinski definition) is 6. The number of aromatic nitrogens is 1. The first kappa shape index (κ1) is 23.1. The van der Waals surface area contributed by atoms with Gasteiger partial charge in [0.2, 0.25) is 6.79 Å². The lowest BCUT2D eigenvalue weighted by atomic mass is 9.88. The van der Waals surface area contributed by atoms with Crippen LogP contribution in [0.1, 0.15) is 35.9 Å². The minimum Gasteiger partial charge on any atom is -0.454 e. The van der Waals surface area contributed by atoms with E-state index >= 15 is 0 Å². The van der Waals surface area contributed by atoms with E-state index in [0.29, 0.717) is 17.9 Å². The molecule has 1 N–H and O–H groups in total. The first-order valence-electron chi connectivity index (χ1n) is 11.9. The molecule has 1 aromatic heterocycles. The van der Waals surface area contributed by atoms with Crippen molar-refractivity contribution in [1.82, 2.24) is 15.2 Å². The van der Waals surface area contributed by atoms with Gasteiger partial charge in [-0.25, -0.2) is 0 Å². The minimum atomic E-state index is -0.458. The summed E-state index contributed by atoms with van der Waals surface area (Å²) >= 11 is 0. The molecule has 0 atom stereocenters. The maximum absolute atomic E-state index is 13.3. The molecule has 0 spiro atoms. The van der Waals surface area contributed by atoms with Gasteiger partial charge in [-0.1, -0.05) is 24.3 Å². The summed E-state index contributed by atoms with van der Waals surface area (Å²) in [6, 6.07) is 18.9. The molecular weight excluding hydrogens is 442 g/mol. The molecule has 2 aromatic carbocycles. The lowest BCUT2D eigenvalue weighted by Gasteiger charge is -2.15. The van der Waals surface area contributed by atoms with Crippen molar-refractivity contribution in [3.05, 3.63) is 77.5 Å². The zero-order valence-corrected chi connectivity index (χ0v) is 20.0. The molecule has 1 aliphatic heterocycles. The molecule has 7 nitrogen and oxygen atoms in total. The van der Waals surface area contributed by atoms with E-state index < -0.39 is 5.41 Å². The number of nitrogens with zero attached hydrogens (tertiary/aromatic N) is 2. The number of Topliss-reactive ketones (excluding diaryl/α,β-unsaturated/α-hetero) is 1. The Balaban J connectivity index is 0.00000304. The van der Waals surface area contributed by atoms with E-state index in [0.717, 1.165) is 47.7 Å². The van der Waals surface area contributed by atoms with Gasteiger partial charge >= 0.3 is 0 Å². The molecule has 1 aliphatic carbocycles. The average Bonchev–Trinajstić information content (AvgIpc) is 3.55. The topological polar surface area (TPSA) is 80.8 Å². The van der Waals surface area contributed by atoms with Crippen molar-refractivity contribution >= 4 is 11.7 Å². The van der Waals surface area contributed by atoms with Crippen LogP contribution in [0.5, 0.6) is 11.5 Å². The van der Waals surface area contributed by atoms with E-state index in [1.165, 1.54) is 0 Å². The first-order chi connectivity index (χ1) is 16.9. The second kappa shape index (κ2) is 9.50. The molecule has 1 fully saturated rings. The lowest BCUT2D eigenvalue weighted by Crippen LogP contribution is -2.31. The molecule has 2 heterocycles. The van der Waals surface area contributed by atoms with E-state index in [1.54, 1.807) is 12.1 Å². The molecule has 1 saturated carbocycles. The Morgan fingerprint density at radius 3 is 2.54 bits per heavy atom. The highest BCUT2D eigenvalue weighted by molar-refractivity contribution is 5.95. The molecule has 35 heavy (non-hydrogen) atoms. The minimum absolute atomic E-state index is 0. The van der Waals surface area contributed by atoms with Crippen LogP contribution in [0.2, 0.25) is 0 Å². The van der Waals surface area contributed by atoms with E-state index in [-0.39, 0.29) is 26.3 Å². The quantitative estimate of drug-likeness (QED) is 0.508. The molecule has 1 amide bonds. The van der Waals surface area contributed by atoms with Gasteiger partial charge in [0.05, 0.1) is 11.1 Å². The van der Waals surface area contributed by atoms with Gasteiger partial charge in [0.25, 0.3) is 5.91 Å². The third-order valence-electron chi connectivity index (χ3n) is 6.64. The fourth-order valence-electron chi connectivity index (χ4n) is 4.41. The summed E-state index contributed by atoms with van der Waals surface area (Å²) in [5.74, 6) is 1.51. The second-order valence-corrected chi connectivity index (χ2v) is 9.40. The fourth-order valence-corrected chi connectivity index (χ4v) is 4.41. The van der Waals surface area contributed by atoms with Crippen LogP contribution in [0.15, 0.2) is 60.7 Å². The summed E-state index contributed by atoms with van der Waals surface area (Å²) in [4.78, 5) is 32.4. The van der Waals surface area contributed by atoms with Crippen molar-refractivity contribution in [3.63, 3.8) is 0 Å². The number of ether oxygens (including phenoxy) is 2. The number of hydrogen-bond donors (Lipinski definition) is 1. The van der Waals surface area contributed by atoms with Crippen LogP contribution in [0, 0.1) is 0 Å². The van der Waals surface area contributed by atoms with E-state index in [2.05, 4.69) is 5.32 Å². The van der Waals surface area contributed by atoms with Crippen molar-refractivity contribution in [1.29, 1.82) is 0 Å². The van der Waals surface area contributed by atoms with Crippen molar-refractivity contribution < 1.29 is 20.5 Å². The summed E-state index contributed by atoms with van der Waals surface area (Å²) in [5.41, 5.74) is 3.56. The predicted octanol–water partition coefficient (Wildman–Crippen LogP) is 3.86. The average molecular weight is 474 g/mol. The van der Waals surface area contributed by atoms with Gasteiger partial charge in [-0.3, -0.25) is 14.6 Å². The van der Waals surface area contributed by atoms with Crippen molar-refractivity contribution in [2.45, 2.75) is 24.7 Å². The van der Waals surface area contributed by atoms with Gasteiger partial charge in [0, 0.05) is 37.8 Å². The molecule has 5 rings (SSSR count). The van der Waals surface area contributed by atoms with Crippen LogP contribution in [0.4, 0.5) is 0 Å². The molecule has 0 saturated heterocycles. The van der Waals surface area contributed by atoms with Gasteiger partial charge in [-0.05, 0) is 68.9 Å². The third kappa shape index (κ3) is 4.91. The smallest absolute Gasteiger partial charge is 0.251 e. The fraction of sp³-hybridized carbons (Fsp3) is 0.321. The summed E-state index contributed by atoms with van der Waals surface area (Å²) in [7, 11) is 3.94. The normalized spacial score (nSPS) is 15.2. The Bertz CT molecular complexity index is 1260. The molecule has 0 unspecified atom stereocenters. The Morgan fingerprint density at radius 1 is 1.03 bits per heavy atom. The highest BCUT2D eigenvalue weighted by Crippen LogP contribution is 2.51. The lowest BCUT2D eigenvalue weighted by molar-refractivity contribution is -0.120. The Kier molecular flexibility index (Phi) is 6.26. The maximum atomic E-state index is 13.3. The molecule has 182 valence electrons. The third-order valence-corrected chi connectivity index (χ3v) is 6.64. The number of rotatable bonds is 9. The highest BCUT2D eigenvalue weighted by Gasteiger charge is 2.51. The number of amides is 1. The summed E-state index contributed by atoms with van der Waals surface area (Å²) in [5, 5.41) is 2.92. The van der Waals surface area contributed by atoms with E-state index in [4.69, 9.17) is 14.5 Å². The van der Waals surface area contributed by atoms with Crippen LogP contribution in [-0.4, -0.2) is 55.6 Å². The highest BCUT2D eigenvalue weighted by atomic mass is 16.7. The Hall–Kier alpha value is -3.71. The van der Waals surface area contributed by atoms with Crippen molar-refractivity contribution in [3.8, 4) is 22.8 Å². The van der Waals surface area contributed by atoms with Gasteiger partial charge < -0.3 is 19.7 Å². The van der Waals surface area contributed by atoms with Gasteiger partial charge in [-0.2, -0.15) is 0 Å². The largest absolute Gasteiger partial charge is 0.454 e. The number of likely N-dealkylation sites (N-methyl/N-ethyl adjacent to an activating group) is 1. The SMILES string of the molecule is CN(C)CCNC(=O)c1ccc(-c2cccc(CC(=O)C3(c4ccc5c(c4)OCO5)CC3)n2)cc1.[HH]. The standard InChI is InChI=1S/C28H29N3O4.H2/c1-31(2)15-14-29-27(33)20-8-6-19(7-9-20)23-5-3-4-22(30-23)17-26(32)28(12-13-28)21-10-11-24-25(16-21)35-18-34-24;/h3-11,16H,12-15,17-18H2,1-2H3,(H,29,33);1H. The summed E-state index contributed by atoms with van der Waals surface area (Å²) in [6.07, 6.45) is 1.95. The zero-order chi connectivity index (χ0) is 24.4. The van der Waals surface area contributed by atoms with Crippen LogP contribution in [-0.2, 0) is 16.6 Å². The van der Waals surface area contributed by atoms with Gasteiger partial charge in [-0.15, -0.1) is 0 Å². The number of ketones is 1. The van der Waals surface area contributed by atoms with E-state index in [1.807, 2.05) is 67.5 Å². The Morgan fingerprint density at radius 2 is 1.80 bits per heavy atom. The zero-order valence-electron chi connectivity index (χ0n) is 20.0. The van der Waals surface area contributed by atoms with Crippen molar-refractivity contribution in [2.24, 2.45) is 0 Å². The van der Waals surface area contributed by atoms with Crippen LogP contribution < -0.4 is 14.8 Å². The van der Waals surface area contributed by atoms with Gasteiger partial charge in [0.15, 0.2) is 11.5 Å². The predicted molar refractivity (Wildman–Crippen MR) is 135 cm³/mol. The molecule has 2 aliphatic rings. The summed E-state index contributed by atoms with van der Waals surface area (Å²) < 4.78 is 10.9. The summed E-state index contributed by atoms with van der Waals surface area (Å²) in [6.45, 7) is 1.60. The maximum Gasteiger partial charge on any atom is 0.251 e. The van der Waals surface area contributed by atoms with Crippen LogP contribution in [0.3, 0.4) is 0 Å². The number of fused-ring (bicyclic) bond motifs is 1. The van der Waals surface area contributed by atoms with Crippen molar-refractivity contribution in [2.75, 3.05) is 34.0 Å². The van der Waals surface area contributed by atoms with Crippen LogP contribution >= 0.6 is 0 Å². The number of carbonyl (C=O) groups excluding carboxylic acids is 2. The molecule has 3 aromatic rings. The second-order valence-electron chi connectivity index (χ2n) is 9.40. The number of carbonyl (C=O) groups is 2. The van der Waals surface area contributed by atoms with Crippen LogP contribution in [0.25, 0.3) is 11.3 Å². The first-order valence-corrected chi connectivity index (χ1v) is 11.9. The van der Waals surface area contributed by atoms with Gasteiger partial charge in [0.1, 0.15) is 5.78 Å². The number of nitrogens with one attached hydrogen (secondary N) is 1. The molecule has 0 radical (unpaired) electrons.